The average molecular weight is 268 g/mol. The third-order valence-corrected chi connectivity index (χ3v) is 2.87. The second kappa shape index (κ2) is 6.65. The number of carbonyl (C=O) groups excluding carboxylic acids is 1. The van der Waals surface area contributed by atoms with Crippen LogP contribution < -0.4 is 5.32 Å². The van der Waals surface area contributed by atoms with E-state index in [9.17, 15) is 4.79 Å². The zero-order valence-corrected chi connectivity index (χ0v) is 12.2. The van der Waals surface area contributed by atoms with E-state index in [2.05, 4.69) is 20.5 Å². The molecule has 1 atom stereocenters. The second-order valence-corrected chi connectivity index (χ2v) is 5.94. The first-order valence-electron chi connectivity index (χ1n) is 6.66. The van der Waals surface area contributed by atoms with Gasteiger partial charge < -0.3 is 10.4 Å². The highest BCUT2D eigenvalue weighted by Crippen LogP contribution is 2.17. The van der Waals surface area contributed by atoms with Gasteiger partial charge in [0.05, 0.1) is 0 Å². The van der Waals surface area contributed by atoms with Gasteiger partial charge in [-0.25, -0.2) is 4.98 Å². The molecule has 0 radical (unpaired) electrons. The van der Waals surface area contributed by atoms with E-state index in [1.54, 1.807) is 0 Å². The second-order valence-electron chi connectivity index (χ2n) is 5.94. The first kappa shape index (κ1) is 15.6. The number of nitrogens with one attached hydrogen (secondary N) is 2. The van der Waals surface area contributed by atoms with Crippen LogP contribution in [0.4, 0.5) is 0 Å². The van der Waals surface area contributed by atoms with Crippen LogP contribution in [0.3, 0.4) is 0 Å². The monoisotopic (exact) mass is 268 g/mol. The maximum absolute atomic E-state index is 11.8. The van der Waals surface area contributed by atoms with Gasteiger partial charge in [0.15, 0.2) is 0 Å². The zero-order valence-electron chi connectivity index (χ0n) is 12.2. The maximum atomic E-state index is 11.8. The quantitative estimate of drug-likeness (QED) is 0.677. The third kappa shape index (κ3) is 4.98. The Balaban J connectivity index is 2.40. The smallest absolute Gasteiger partial charge is 0.290 e. The number of hydrogen-bond acceptors (Lipinski definition) is 4. The van der Waals surface area contributed by atoms with Crippen LogP contribution in [-0.2, 0) is 5.41 Å². The fourth-order valence-corrected chi connectivity index (χ4v) is 1.52. The molecule has 1 heterocycles. The van der Waals surface area contributed by atoms with Gasteiger partial charge in [0.25, 0.3) is 5.91 Å². The van der Waals surface area contributed by atoms with E-state index in [1.807, 2.05) is 27.7 Å². The number of hydrogen-bond donors (Lipinski definition) is 3. The van der Waals surface area contributed by atoms with Gasteiger partial charge in [-0.15, -0.1) is 5.10 Å². The minimum absolute atomic E-state index is 0.151. The predicted octanol–water partition coefficient (Wildman–Crippen LogP) is 1.24. The van der Waals surface area contributed by atoms with Gasteiger partial charge in [0, 0.05) is 18.6 Å². The lowest BCUT2D eigenvalue weighted by molar-refractivity contribution is 0.0942. The molecule has 0 saturated heterocycles. The minimum atomic E-state index is -0.261. The molecule has 3 N–H and O–H groups in total. The van der Waals surface area contributed by atoms with Crippen LogP contribution in [0.25, 0.3) is 0 Å². The lowest BCUT2D eigenvalue weighted by atomic mass is 9.96. The Labute approximate surface area is 114 Å². The summed E-state index contributed by atoms with van der Waals surface area (Å²) in [6.07, 6.45) is 1.72. The third-order valence-electron chi connectivity index (χ3n) is 2.87. The highest BCUT2D eigenvalue weighted by Gasteiger charge is 2.20. The first-order chi connectivity index (χ1) is 8.84. The Morgan fingerprint density at radius 2 is 2.16 bits per heavy atom. The van der Waals surface area contributed by atoms with Crippen molar-refractivity contribution in [3.63, 3.8) is 0 Å². The van der Waals surface area contributed by atoms with Crippen molar-refractivity contribution in [1.82, 2.24) is 20.5 Å². The van der Waals surface area contributed by atoms with Gasteiger partial charge in [0.2, 0.25) is 5.82 Å². The number of aromatic nitrogens is 3. The number of amides is 1. The highest BCUT2D eigenvalue weighted by atomic mass is 16.3. The van der Waals surface area contributed by atoms with Crippen LogP contribution in [-0.4, -0.2) is 39.3 Å². The number of aliphatic hydroxyl groups is 1. The summed E-state index contributed by atoms with van der Waals surface area (Å²) in [5.74, 6) is 0.892. The molecule has 0 spiro atoms. The van der Waals surface area contributed by atoms with Gasteiger partial charge >= 0.3 is 0 Å². The molecule has 6 nitrogen and oxygen atoms in total. The summed E-state index contributed by atoms with van der Waals surface area (Å²) >= 11 is 0. The van der Waals surface area contributed by atoms with E-state index < -0.39 is 0 Å². The van der Waals surface area contributed by atoms with Crippen LogP contribution in [0.15, 0.2) is 0 Å². The molecule has 0 aliphatic carbocycles. The summed E-state index contributed by atoms with van der Waals surface area (Å²) in [7, 11) is 0. The molecular weight excluding hydrogens is 244 g/mol. The molecule has 0 aliphatic heterocycles. The predicted molar refractivity (Wildman–Crippen MR) is 72.9 cm³/mol. The number of nitrogens with zero attached hydrogens (tertiary/aromatic N) is 2. The Bertz CT molecular complexity index is 409. The number of aliphatic hydroxyl groups excluding tert-OH is 1. The van der Waals surface area contributed by atoms with E-state index in [0.29, 0.717) is 12.4 Å². The molecule has 1 unspecified atom stereocenters. The summed E-state index contributed by atoms with van der Waals surface area (Å²) in [6, 6.07) is 0. The minimum Gasteiger partial charge on any atom is -0.396 e. The van der Waals surface area contributed by atoms with Crippen molar-refractivity contribution in [2.24, 2.45) is 5.92 Å². The molecule has 6 heteroatoms. The van der Waals surface area contributed by atoms with Crippen molar-refractivity contribution < 1.29 is 9.90 Å². The van der Waals surface area contributed by atoms with E-state index >= 15 is 0 Å². The van der Waals surface area contributed by atoms with E-state index in [0.717, 1.165) is 12.8 Å². The molecule has 0 aromatic carbocycles. The van der Waals surface area contributed by atoms with Gasteiger partial charge in [-0.3, -0.25) is 9.89 Å². The average Bonchev–Trinajstić information content (AvgIpc) is 2.83. The van der Waals surface area contributed by atoms with Gasteiger partial charge in [-0.2, -0.15) is 0 Å². The Morgan fingerprint density at radius 1 is 1.47 bits per heavy atom. The molecule has 19 heavy (non-hydrogen) atoms. The fourth-order valence-electron chi connectivity index (χ4n) is 1.52. The molecular formula is C13H24N4O2. The Hall–Kier alpha value is -1.43. The van der Waals surface area contributed by atoms with Crippen molar-refractivity contribution in [2.45, 2.75) is 46.0 Å². The number of H-pyrrole nitrogens is 1. The summed E-state index contributed by atoms with van der Waals surface area (Å²) in [5, 5.41) is 18.4. The normalized spacial score (nSPS) is 13.3. The molecule has 0 saturated carbocycles. The van der Waals surface area contributed by atoms with Gasteiger partial charge in [-0.05, 0) is 18.8 Å². The SMILES string of the molecule is CC(CO)CCCNC(=O)c1n[nH]c(C(C)(C)C)n1. The largest absolute Gasteiger partial charge is 0.396 e. The van der Waals surface area contributed by atoms with Crippen molar-refractivity contribution in [2.75, 3.05) is 13.2 Å². The van der Waals surface area contributed by atoms with Crippen molar-refractivity contribution in [1.29, 1.82) is 0 Å². The summed E-state index contributed by atoms with van der Waals surface area (Å²) < 4.78 is 0. The van der Waals surface area contributed by atoms with E-state index in [4.69, 9.17) is 5.11 Å². The molecule has 108 valence electrons. The summed E-state index contributed by atoms with van der Waals surface area (Å²) in [5.41, 5.74) is -0.151. The standard InChI is InChI=1S/C13H24N4O2/c1-9(8-18)6-5-7-14-11(19)10-15-12(17-16-10)13(2,3)4/h9,18H,5-8H2,1-4H3,(H,14,19)(H,15,16,17). The summed E-state index contributed by atoms with van der Waals surface area (Å²) in [4.78, 5) is 16.0. The first-order valence-corrected chi connectivity index (χ1v) is 6.66. The highest BCUT2D eigenvalue weighted by molar-refractivity contribution is 5.90. The number of aromatic amines is 1. The number of rotatable bonds is 6. The lowest BCUT2D eigenvalue weighted by Gasteiger charge is -2.12. The molecule has 0 fully saturated rings. The Kier molecular flexibility index (Phi) is 5.47. The molecule has 1 aromatic rings. The van der Waals surface area contributed by atoms with Crippen molar-refractivity contribution >= 4 is 5.91 Å². The van der Waals surface area contributed by atoms with Gasteiger partial charge in [0.1, 0.15) is 5.82 Å². The van der Waals surface area contributed by atoms with E-state index in [1.165, 1.54) is 0 Å². The van der Waals surface area contributed by atoms with Crippen LogP contribution in [0.2, 0.25) is 0 Å². The zero-order chi connectivity index (χ0) is 14.5. The van der Waals surface area contributed by atoms with Crippen molar-refractivity contribution in [3.05, 3.63) is 11.6 Å². The van der Waals surface area contributed by atoms with Crippen LogP contribution in [0, 0.1) is 5.92 Å². The van der Waals surface area contributed by atoms with Gasteiger partial charge in [-0.1, -0.05) is 27.7 Å². The Morgan fingerprint density at radius 3 is 2.68 bits per heavy atom. The summed E-state index contributed by atoms with van der Waals surface area (Å²) in [6.45, 7) is 8.75. The van der Waals surface area contributed by atoms with Crippen LogP contribution >= 0.6 is 0 Å². The maximum Gasteiger partial charge on any atom is 0.290 e. The number of carbonyl (C=O) groups is 1. The fraction of sp³-hybridized carbons (Fsp3) is 0.769. The molecule has 1 amide bonds. The molecule has 1 aromatic heterocycles. The van der Waals surface area contributed by atoms with E-state index in [-0.39, 0.29) is 29.7 Å². The molecule has 1 rings (SSSR count). The topological polar surface area (TPSA) is 90.9 Å². The van der Waals surface area contributed by atoms with Crippen molar-refractivity contribution in [3.8, 4) is 0 Å². The molecule has 0 aliphatic rings. The molecule has 0 bridgehead atoms. The van der Waals surface area contributed by atoms with Crippen LogP contribution in [0.1, 0.15) is 57.0 Å². The lowest BCUT2D eigenvalue weighted by Crippen LogP contribution is -2.26. The van der Waals surface area contributed by atoms with Crippen LogP contribution in [0.5, 0.6) is 0 Å².